The second-order valence-electron chi connectivity index (χ2n) is 6.77. The van der Waals surface area contributed by atoms with Gasteiger partial charge in [0.1, 0.15) is 6.04 Å². The molecular weight excluding hydrogens is 254 g/mol. The van der Waals surface area contributed by atoms with Crippen molar-refractivity contribution in [2.24, 2.45) is 17.8 Å². The molecule has 0 aromatic carbocycles. The van der Waals surface area contributed by atoms with Gasteiger partial charge in [-0.05, 0) is 37.5 Å². The van der Waals surface area contributed by atoms with Gasteiger partial charge >= 0.3 is 5.97 Å². The lowest BCUT2D eigenvalue weighted by Crippen LogP contribution is -2.47. The molecule has 112 valence electrons. The first-order valence-electron chi connectivity index (χ1n) is 8.22. The Hall–Kier alpha value is -1.06. The van der Waals surface area contributed by atoms with Crippen molar-refractivity contribution in [3.05, 3.63) is 0 Å². The molecule has 1 heterocycles. The molecule has 0 radical (unpaired) electrons. The Morgan fingerprint density at radius 2 is 1.65 bits per heavy atom. The molecule has 3 unspecified atom stereocenters. The van der Waals surface area contributed by atoms with Crippen molar-refractivity contribution < 1.29 is 14.7 Å². The highest BCUT2D eigenvalue weighted by Crippen LogP contribution is 2.44. The van der Waals surface area contributed by atoms with Gasteiger partial charge in [-0.2, -0.15) is 0 Å². The van der Waals surface area contributed by atoms with Gasteiger partial charge in [-0.3, -0.25) is 4.79 Å². The minimum absolute atomic E-state index is 0.106. The molecule has 2 aliphatic carbocycles. The summed E-state index contributed by atoms with van der Waals surface area (Å²) in [7, 11) is 0. The van der Waals surface area contributed by atoms with Gasteiger partial charge in [0.25, 0.3) is 0 Å². The van der Waals surface area contributed by atoms with E-state index in [1.807, 2.05) is 0 Å². The fourth-order valence-corrected chi connectivity index (χ4v) is 4.75. The normalized spacial score (nSPS) is 37.5. The van der Waals surface area contributed by atoms with E-state index in [4.69, 9.17) is 0 Å². The average molecular weight is 279 g/mol. The number of carboxylic acid groups (broad SMARTS) is 1. The maximum Gasteiger partial charge on any atom is 0.326 e. The van der Waals surface area contributed by atoms with E-state index < -0.39 is 12.0 Å². The molecule has 4 nitrogen and oxygen atoms in total. The summed E-state index contributed by atoms with van der Waals surface area (Å²) in [6.45, 7) is 0.643. The molecule has 1 N–H and O–H groups in total. The van der Waals surface area contributed by atoms with Crippen molar-refractivity contribution in [3.63, 3.8) is 0 Å². The van der Waals surface area contributed by atoms with Crippen LogP contribution in [-0.2, 0) is 9.59 Å². The first-order valence-corrected chi connectivity index (χ1v) is 8.22. The summed E-state index contributed by atoms with van der Waals surface area (Å²) >= 11 is 0. The topological polar surface area (TPSA) is 57.6 Å². The van der Waals surface area contributed by atoms with Crippen LogP contribution < -0.4 is 0 Å². The lowest BCUT2D eigenvalue weighted by molar-refractivity contribution is -0.152. The highest BCUT2D eigenvalue weighted by atomic mass is 16.4. The summed E-state index contributed by atoms with van der Waals surface area (Å²) in [6, 6.07) is -0.563. The highest BCUT2D eigenvalue weighted by molar-refractivity contribution is 5.86. The summed E-state index contributed by atoms with van der Waals surface area (Å²) in [6.07, 6.45) is 9.86. The Labute approximate surface area is 120 Å². The van der Waals surface area contributed by atoms with Crippen LogP contribution in [0.4, 0.5) is 0 Å². The fourth-order valence-electron chi connectivity index (χ4n) is 4.75. The molecule has 2 saturated carbocycles. The first kappa shape index (κ1) is 13.9. The number of carbonyl (C=O) groups excluding carboxylic acids is 1. The summed E-state index contributed by atoms with van der Waals surface area (Å²) in [5.74, 6) is 0.671. The van der Waals surface area contributed by atoms with Crippen LogP contribution in [0.3, 0.4) is 0 Å². The van der Waals surface area contributed by atoms with E-state index in [-0.39, 0.29) is 11.8 Å². The van der Waals surface area contributed by atoms with Crippen LogP contribution in [0, 0.1) is 17.8 Å². The van der Waals surface area contributed by atoms with Crippen molar-refractivity contribution in [2.45, 2.75) is 63.8 Å². The van der Waals surface area contributed by atoms with E-state index in [1.54, 1.807) is 4.90 Å². The van der Waals surface area contributed by atoms with Gasteiger partial charge in [-0.15, -0.1) is 0 Å². The Bertz CT molecular complexity index is 393. The number of nitrogens with zero attached hydrogens (tertiary/aromatic N) is 1. The van der Waals surface area contributed by atoms with E-state index in [2.05, 4.69) is 0 Å². The van der Waals surface area contributed by atoms with Gasteiger partial charge in [-0.25, -0.2) is 4.79 Å². The number of likely N-dealkylation sites (tertiary alicyclic amines) is 1. The number of carboxylic acids is 1. The van der Waals surface area contributed by atoms with Gasteiger partial charge in [0.2, 0.25) is 5.91 Å². The second-order valence-corrected chi connectivity index (χ2v) is 6.77. The molecule has 1 saturated heterocycles. The zero-order chi connectivity index (χ0) is 14.1. The Morgan fingerprint density at radius 3 is 2.45 bits per heavy atom. The minimum Gasteiger partial charge on any atom is -0.480 e. The van der Waals surface area contributed by atoms with Gasteiger partial charge in [-0.1, -0.05) is 32.1 Å². The quantitative estimate of drug-likeness (QED) is 0.845. The molecule has 0 bridgehead atoms. The molecule has 0 spiro atoms. The minimum atomic E-state index is -0.827. The zero-order valence-electron chi connectivity index (χ0n) is 12.1. The first-order chi connectivity index (χ1) is 9.68. The highest BCUT2D eigenvalue weighted by Gasteiger charge is 2.43. The number of hydrogen-bond donors (Lipinski definition) is 1. The number of rotatable bonds is 2. The standard InChI is InChI=1S/C16H25NO3/c18-15(17-10-4-9-14(17)16(19)20)13-8-3-6-11-5-1-2-7-12(11)13/h11-14H,1-10H2,(H,19,20)/t11?,12?,13?,14-/m1/s1. The summed E-state index contributed by atoms with van der Waals surface area (Å²) in [5.41, 5.74) is 0. The lowest BCUT2D eigenvalue weighted by atomic mass is 9.65. The predicted molar refractivity (Wildman–Crippen MR) is 75.2 cm³/mol. The van der Waals surface area contributed by atoms with Gasteiger partial charge in [0.15, 0.2) is 0 Å². The van der Waals surface area contributed by atoms with E-state index in [9.17, 15) is 14.7 Å². The summed E-state index contributed by atoms with van der Waals surface area (Å²) in [4.78, 5) is 25.8. The van der Waals surface area contributed by atoms with E-state index in [1.165, 1.54) is 32.1 Å². The van der Waals surface area contributed by atoms with Crippen molar-refractivity contribution in [3.8, 4) is 0 Å². The largest absolute Gasteiger partial charge is 0.480 e. The molecular formula is C16H25NO3. The molecule has 3 fully saturated rings. The summed E-state index contributed by atoms with van der Waals surface area (Å²) < 4.78 is 0. The molecule has 4 atom stereocenters. The van der Waals surface area contributed by atoms with Gasteiger partial charge < -0.3 is 10.0 Å². The third kappa shape index (κ3) is 2.45. The van der Waals surface area contributed by atoms with Crippen molar-refractivity contribution in [1.82, 2.24) is 4.90 Å². The fraction of sp³-hybridized carbons (Fsp3) is 0.875. The van der Waals surface area contributed by atoms with Crippen LogP contribution in [0.5, 0.6) is 0 Å². The predicted octanol–water partition coefficient (Wildman–Crippen LogP) is 2.67. The molecule has 3 rings (SSSR count). The van der Waals surface area contributed by atoms with E-state index >= 15 is 0 Å². The monoisotopic (exact) mass is 279 g/mol. The average Bonchev–Trinajstić information content (AvgIpc) is 2.95. The maximum atomic E-state index is 12.8. The smallest absolute Gasteiger partial charge is 0.326 e. The van der Waals surface area contributed by atoms with Crippen molar-refractivity contribution in [1.29, 1.82) is 0 Å². The number of hydrogen-bond acceptors (Lipinski definition) is 2. The number of amides is 1. The van der Waals surface area contributed by atoms with Crippen LogP contribution in [0.1, 0.15) is 57.8 Å². The molecule has 3 aliphatic rings. The number of carbonyl (C=O) groups is 2. The molecule has 4 heteroatoms. The van der Waals surface area contributed by atoms with Crippen molar-refractivity contribution >= 4 is 11.9 Å². The Morgan fingerprint density at radius 1 is 0.900 bits per heavy atom. The van der Waals surface area contributed by atoms with Crippen LogP contribution in [0.15, 0.2) is 0 Å². The molecule has 20 heavy (non-hydrogen) atoms. The third-order valence-electron chi connectivity index (χ3n) is 5.71. The van der Waals surface area contributed by atoms with Crippen LogP contribution in [0.25, 0.3) is 0 Å². The molecule has 1 amide bonds. The van der Waals surface area contributed by atoms with E-state index in [0.717, 1.165) is 25.2 Å². The SMILES string of the molecule is O=C(O)[C@H]1CCCN1C(=O)C1CCCC2CCCCC21. The second kappa shape index (κ2) is 5.74. The van der Waals surface area contributed by atoms with Gasteiger partial charge in [0, 0.05) is 12.5 Å². The van der Waals surface area contributed by atoms with E-state index in [0.29, 0.717) is 18.9 Å². The maximum absolute atomic E-state index is 12.8. The third-order valence-corrected chi connectivity index (χ3v) is 5.71. The van der Waals surface area contributed by atoms with Crippen LogP contribution in [0.2, 0.25) is 0 Å². The van der Waals surface area contributed by atoms with Crippen molar-refractivity contribution in [2.75, 3.05) is 6.54 Å². The van der Waals surface area contributed by atoms with Crippen LogP contribution in [-0.4, -0.2) is 34.5 Å². The Balaban J connectivity index is 1.73. The molecule has 0 aromatic heterocycles. The number of aliphatic carboxylic acids is 1. The number of fused-ring (bicyclic) bond motifs is 1. The summed E-state index contributed by atoms with van der Waals surface area (Å²) in [5, 5.41) is 9.27. The molecule has 1 aliphatic heterocycles. The molecule has 0 aromatic rings. The lowest BCUT2D eigenvalue weighted by Gasteiger charge is -2.42. The van der Waals surface area contributed by atoms with Crippen LogP contribution >= 0.6 is 0 Å². The zero-order valence-corrected chi connectivity index (χ0v) is 12.1. The van der Waals surface area contributed by atoms with Gasteiger partial charge in [0.05, 0.1) is 0 Å². The Kier molecular flexibility index (Phi) is 3.99.